The lowest BCUT2D eigenvalue weighted by Crippen LogP contribution is -2.20. The standard InChI is InChI=1S/C26H33NO/c1-25(2,3)22-11-9-18-15-21-17-23(12-10-19(21)14-20(18)16-22)26(4,5)13-7-8-24(28)27-6/h9-12,14-17H,7-8,13H2,1-6H3,(H,27,28). The molecule has 0 spiro atoms. The molecule has 3 aromatic carbocycles. The molecule has 0 atom stereocenters. The van der Waals surface area contributed by atoms with Gasteiger partial charge in [-0.2, -0.15) is 0 Å². The molecule has 0 aliphatic heterocycles. The van der Waals surface area contributed by atoms with Crippen LogP contribution in [0.3, 0.4) is 0 Å². The zero-order valence-corrected chi connectivity index (χ0v) is 18.1. The Morgan fingerprint density at radius 1 is 0.786 bits per heavy atom. The minimum atomic E-state index is 0.0489. The summed E-state index contributed by atoms with van der Waals surface area (Å²) >= 11 is 0. The van der Waals surface area contributed by atoms with Crippen LogP contribution in [0.15, 0.2) is 48.5 Å². The Labute approximate surface area is 169 Å². The quantitative estimate of drug-likeness (QED) is 0.508. The van der Waals surface area contributed by atoms with E-state index in [1.54, 1.807) is 7.05 Å². The fourth-order valence-corrected chi connectivity index (χ4v) is 3.85. The third-order valence-corrected chi connectivity index (χ3v) is 5.93. The van der Waals surface area contributed by atoms with Gasteiger partial charge in [0.1, 0.15) is 0 Å². The predicted molar refractivity (Wildman–Crippen MR) is 121 cm³/mol. The van der Waals surface area contributed by atoms with Crippen LogP contribution in [0.4, 0.5) is 0 Å². The van der Waals surface area contributed by atoms with Crippen LogP contribution in [0.2, 0.25) is 0 Å². The Hall–Kier alpha value is -2.35. The highest BCUT2D eigenvalue weighted by atomic mass is 16.1. The molecule has 3 aromatic rings. The Morgan fingerprint density at radius 3 is 1.86 bits per heavy atom. The lowest BCUT2D eigenvalue weighted by atomic mass is 9.79. The van der Waals surface area contributed by atoms with E-state index in [-0.39, 0.29) is 16.7 Å². The number of carbonyl (C=O) groups excluding carboxylic acids is 1. The van der Waals surface area contributed by atoms with Gasteiger partial charge in [-0.3, -0.25) is 4.79 Å². The molecule has 0 fully saturated rings. The third-order valence-electron chi connectivity index (χ3n) is 5.93. The molecule has 0 radical (unpaired) electrons. The number of amides is 1. The van der Waals surface area contributed by atoms with Gasteiger partial charge in [0.15, 0.2) is 0 Å². The summed E-state index contributed by atoms with van der Waals surface area (Å²) in [5.74, 6) is 0.121. The molecule has 0 aromatic heterocycles. The van der Waals surface area contributed by atoms with Gasteiger partial charge in [0, 0.05) is 13.5 Å². The van der Waals surface area contributed by atoms with Crippen LogP contribution >= 0.6 is 0 Å². The summed E-state index contributed by atoms with van der Waals surface area (Å²) in [6, 6.07) is 18.3. The van der Waals surface area contributed by atoms with Gasteiger partial charge < -0.3 is 5.32 Å². The summed E-state index contributed by atoms with van der Waals surface area (Å²) < 4.78 is 0. The van der Waals surface area contributed by atoms with Crippen molar-refractivity contribution in [2.75, 3.05) is 7.05 Å². The normalized spacial score (nSPS) is 12.5. The second-order valence-electron chi connectivity index (χ2n) is 9.64. The van der Waals surface area contributed by atoms with Crippen LogP contribution in [0.25, 0.3) is 21.5 Å². The van der Waals surface area contributed by atoms with Crippen molar-refractivity contribution >= 4 is 27.5 Å². The number of rotatable bonds is 5. The average Bonchev–Trinajstić information content (AvgIpc) is 2.64. The maximum atomic E-state index is 11.5. The van der Waals surface area contributed by atoms with Crippen molar-refractivity contribution in [3.05, 3.63) is 59.7 Å². The summed E-state index contributed by atoms with van der Waals surface area (Å²) in [6.45, 7) is 11.3. The second kappa shape index (κ2) is 7.58. The molecule has 0 saturated heterocycles. The van der Waals surface area contributed by atoms with E-state index in [4.69, 9.17) is 0 Å². The monoisotopic (exact) mass is 375 g/mol. The Balaban J connectivity index is 1.92. The summed E-state index contributed by atoms with van der Waals surface area (Å²) in [5.41, 5.74) is 2.91. The van der Waals surface area contributed by atoms with Crippen LogP contribution in [0, 0.1) is 0 Å². The van der Waals surface area contributed by atoms with Crippen molar-refractivity contribution in [1.29, 1.82) is 0 Å². The van der Waals surface area contributed by atoms with Gasteiger partial charge in [-0.1, -0.05) is 71.0 Å². The van der Waals surface area contributed by atoms with E-state index >= 15 is 0 Å². The molecule has 0 aliphatic rings. The van der Waals surface area contributed by atoms with Gasteiger partial charge in [0.2, 0.25) is 5.91 Å². The number of fused-ring (bicyclic) bond motifs is 2. The first-order chi connectivity index (χ1) is 13.1. The van der Waals surface area contributed by atoms with Crippen LogP contribution in [0.1, 0.15) is 65.0 Å². The molecule has 0 saturated carbocycles. The molecule has 0 aliphatic carbocycles. The molecule has 0 bridgehead atoms. The molecule has 148 valence electrons. The van der Waals surface area contributed by atoms with Crippen LogP contribution in [-0.2, 0) is 15.6 Å². The first-order valence-electron chi connectivity index (χ1n) is 10.3. The fourth-order valence-electron chi connectivity index (χ4n) is 3.85. The van der Waals surface area contributed by atoms with Gasteiger partial charge in [-0.15, -0.1) is 0 Å². The highest BCUT2D eigenvalue weighted by Gasteiger charge is 2.21. The maximum absolute atomic E-state index is 11.5. The van der Waals surface area contributed by atoms with Gasteiger partial charge in [-0.25, -0.2) is 0 Å². The van der Waals surface area contributed by atoms with Gasteiger partial charge in [0.05, 0.1) is 0 Å². The van der Waals surface area contributed by atoms with Crippen LogP contribution < -0.4 is 5.32 Å². The summed E-state index contributed by atoms with van der Waals surface area (Å²) in [7, 11) is 1.70. The average molecular weight is 376 g/mol. The molecule has 1 N–H and O–H groups in total. The van der Waals surface area contributed by atoms with E-state index in [0.29, 0.717) is 6.42 Å². The summed E-state index contributed by atoms with van der Waals surface area (Å²) in [4.78, 5) is 11.5. The SMILES string of the molecule is CNC(=O)CCCC(C)(C)c1ccc2cc3cc(C(C)(C)C)ccc3cc2c1. The van der Waals surface area contributed by atoms with Crippen LogP contribution in [0.5, 0.6) is 0 Å². The van der Waals surface area contributed by atoms with Crippen molar-refractivity contribution < 1.29 is 4.79 Å². The molecule has 0 unspecified atom stereocenters. The molecule has 1 amide bonds. The van der Waals surface area contributed by atoms with E-state index in [1.807, 2.05) is 0 Å². The van der Waals surface area contributed by atoms with Gasteiger partial charge >= 0.3 is 0 Å². The molecular weight excluding hydrogens is 342 g/mol. The molecule has 2 heteroatoms. The zero-order chi connectivity index (χ0) is 20.5. The predicted octanol–water partition coefficient (Wildman–Crippen LogP) is 6.48. The molecule has 0 heterocycles. The minimum absolute atomic E-state index is 0.0489. The molecule has 28 heavy (non-hydrogen) atoms. The van der Waals surface area contributed by atoms with E-state index < -0.39 is 0 Å². The first kappa shape index (κ1) is 20.4. The minimum Gasteiger partial charge on any atom is -0.359 e. The number of nitrogens with one attached hydrogen (secondary N) is 1. The largest absolute Gasteiger partial charge is 0.359 e. The highest BCUT2D eigenvalue weighted by molar-refractivity contribution is 5.98. The summed E-state index contributed by atoms with van der Waals surface area (Å²) in [6.07, 6.45) is 2.49. The van der Waals surface area contributed by atoms with E-state index in [0.717, 1.165) is 12.8 Å². The van der Waals surface area contributed by atoms with Crippen molar-refractivity contribution in [3.8, 4) is 0 Å². The molecular formula is C26H33NO. The number of carbonyl (C=O) groups is 1. The maximum Gasteiger partial charge on any atom is 0.219 e. The number of hydrogen-bond donors (Lipinski definition) is 1. The number of benzene rings is 3. The first-order valence-corrected chi connectivity index (χ1v) is 10.3. The van der Waals surface area contributed by atoms with E-state index in [9.17, 15) is 4.79 Å². The summed E-state index contributed by atoms with van der Waals surface area (Å²) in [5, 5.41) is 7.86. The Bertz CT molecular complexity index is 1010. The third kappa shape index (κ3) is 4.38. The lowest BCUT2D eigenvalue weighted by molar-refractivity contribution is -0.120. The van der Waals surface area contributed by atoms with Gasteiger partial charge in [0.25, 0.3) is 0 Å². The molecule has 2 nitrogen and oxygen atoms in total. The van der Waals surface area contributed by atoms with Crippen molar-refractivity contribution in [2.45, 2.75) is 64.7 Å². The second-order valence-corrected chi connectivity index (χ2v) is 9.64. The van der Waals surface area contributed by atoms with E-state index in [1.165, 1.54) is 32.7 Å². The van der Waals surface area contributed by atoms with Crippen molar-refractivity contribution in [2.24, 2.45) is 0 Å². The Morgan fingerprint density at radius 2 is 1.32 bits per heavy atom. The Kier molecular flexibility index (Phi) is 5.52. The number of hydrogen-bond acceptors (Lipinski definition) is 1. The van der Waals surface area contributed by atoms with Gasteiger partial charge in [-0.05, 0) is 68.5 Å². The van der Waals surface area contributed by atoms with Crippen molar-refractivity contribution in [1.82, 2.24) is 5.32 Å². The van der Waals surface area contributed by atoms with Crippen molar-refractivity contribution in [3.63, 3.8) is 0 Å². The smallest absolute Gasteiger partial charge is 0.219 e. The van der Waals surface area contributed by atoms with E-state index in [2.05, 4.69) is 88.5 Å². The van der Waals surface area contributed by atoms with Crippen LogP contribution in [-0.4, -0.2) is 13.0 Å². The fraction of sp³-hybridized carbons (Fsp3) is 0.423. The molecule has 3 rings (SSSR count). The lowest BCUT2D eigenvalue weighted by Gasteiger charge is -2.26. The zero-order valence-electron chi connectivity index (χ0n) is 18.1. The highest BCUT2D eigenvalue weighted by Crippen LogP contribution is 2.33. The topological polar surface area (TPSA) is 29.1 Å².